The van der Waals surface area contributed by atoms with Crippen LogP contribution in [0.25, 0.3) is 0 Å². The van der Waals surface area contributed by atoms with Crippen molar-refractivity contribution < 1.29 is 31.3 Å². The zero-order valence-electron chi connectivity index (χ0n) is 32.9. The van der Waals surface area contributed by atoms with Crippen LogP contribution < -0.4 is 0 Å². The molecular weight excluding hydrogens is 716 g/mol. The van der Waals surface area contributed by atoms with Gasteiger partial charge in [-0.2, -0.15) is 84.1 Å². The molecule has 52 heavy (non-hydrogen) atoms. The molecule has 0 amide bonds. The molecular formula is C46H57N4OZr. The van der Waals surface area contributed by atoms with E-state index in [1.165, 1.54) is 5.56 Å². The van der Waals surface area contributed by atoms with Crippen LogP contribution >= 0.6 is 0 Å². The van der Waals surface area contributed by atoms with Crippen molar-refractivity contribution >= 4 is 0 Å². The average Bonchev–Trinajstić information content (AvgIpc) is 3.57. The number of benzene rings is 4. The number of aromatic hydroxyl groups is 1. The van der Waals surface area contributed by atoms with Gasteiger partial charge in [0.25, 0.3) is 0 Å². The molecule has 0 aliphatic rings. The van der Waals surface area contributed by atoms with Crippen LogP contribution in [0.2, 0.25) is 0 Å². The number of rotatable bonds is 3. The minimum absolute atomic E-state index is 0. The Kier molecular flexibility index (Phi) is 16.4. The van der Waals surface area contributed by atoms with Crippen LogP contribution in [0.5, 0.6) is 5.75 Å². The summed E-state index contributed by atoms with van der Waals surface area (Å²) in [5.41, 5.74) is 9.86. The van der Waals surface area contributed by atoms with E-state index in [1.54, 1.807) is 0 Å². The average molecular weight is 773 g/mol. The zero-order valence-corrected chi connectivity index (χ0v) is 35.4. The van der Waals surface area contributed by atoms with E-state index in [4.69, 9.17) is 10.2 Å². The minimum atomic E-state index is -0.365. The van der Waals surface area contributed by atoms with Gasteiger partial charge in [-0.05, 0) is 67.9 Å². The third kappa shape index (κ3) is 13.0. The van der Waals surface area contributed by atoms with Crippen LogP contribution in [-0.4, -0.2) is 24.7 Å². The van der Waals surface area contributed by atoms with Crippen molar-refractivity contribution in [2.24, 2.45) is 0 Å². The molecule has 0 saturated heterocycles. The van der Waals surface area contributed by atoms with Gasteiger partial charge in [0.05, 0.1) is 11.4 Å². The number of hydrogen-bond donors (Lipinski definition) is 1. The maximum atomic E-state index is 11.5. The summed E-state index contributed by atoms with van der Waals surface area (Å²) < 4.78 is 3.95. The Labute approximate surface area is 333 Å². The Morgan fingerprint density at radius 2 is 0.885 bits per heavy atom. The second-order valence-electron chi connectivity index (χ2n) is 15.0. The van der Waals surface area contributed by atoms with Crippen LogP contribution in [0.3, 0.4) is 0 Å². The van der Waals surface area contributed by atoms with Crippen molar-refractivity contribution in [3.05, 3.63) is 192 Å². The summed E-state index contributed by atoms with van der Waals surface area (Å²) in [5.74, 6) is 0.320. The molecule has 0 saturated carbocycles. The fraction of sp³-hybridized carbons (Fsp3) is 0.283. The summed E-state index contributed by atoms with van der Waals surface area (Å²) in [7, 11) is 0. The van der Waals surface area contributed by atoms with Gasteiger partial charge in [-0.15, -0.1) is 36.4 Å². The largest absolute Gasteiger partial charge is 3.00 e. The summed E-state index contributed by atoms with van der Waals surface area (Å²) in [4.78, 5) is 0. The van der Waals surface area contributed by atoms with Crippen molar-refractivity contribution in [1.82, 2.24) is 19.6 Å². The molecule has 6 heteroatoms. The van der Waals surface area contributed by atoms with E-state index in [9.17, 15) is 5.11 Å². The predicted octanol–water partition coefficient (Wildman–Crippen LogP) is 11.3. The van der Waals surface area contributed by atoms with Crippen LogP contribution in [0.4, 0.5) is 0 Å². The number of nitrogens with zero attached hydrogens (tertiary/aromatic N) is 4. The Hall–Kier alpha value is -4.41. The maximum absolute atomic E-state index is 11.5. The zero-order chi connectivity index (χ0) is 37.9. The molecule has 0 spiro atoms. The van der Waals surface area contributed by atoms with Gasteiger partial charge >= 0.3 is 26.2 Å². The first-order valence-electron chi connectivity index (χ1n) is 17.4. The van der Waals surface area contributed by atoms with Crippen molar-refractivity contribution in [2.45, 2.75) is 86.2 Å². The third-order valence-corrected chi connectivity index (χ3v) is 8.17. The summed E-state index contributed by atoms with van der Waals surface area (Å²) in [6.45, 7) is 32.3. The van der Waals surface area contributed by atoms with Crippen molar-refractivity contribution in [3.63, 3.8) is 0 Å². The molecule has 1 N–H and O–H groups in total. The van der Waals surface area contributed by atoms with Gasteiger partial charge in [-0.3, -0.25) is 0 Å². The number of aryl methyl sites for hydroxylation is 4. The summed E-state index contributed by atoms with van der Waals surface area (Å²) in [6, 6.07) is 38.0. The number of phenolic OH excluding ortho intramolecular Hbond substituents is 1. The Balaban J connectivity index is 0.000000339. The first-order chi connectivity index (χ1) is 23.9. The van der Waals surface area contributed by atoms with Crippen LogP contribution in [-0.2, 0) is 37.0 Å². The third-order valence-electron chi connectivity index (χ3n) is 8.17. The van der Waals surface area contributed by atoms with E-state index in [-0.39, 0.29) is 43.2 Å². The van der Waals surface area contributed by atoms with E-state index in [0.29, 0.717) is 5.75 Å². The number of aromatic nitrogens is 4. The molecule has 4 aromatic carbocycles. The molecule has 0 unspecified atom stereocenters. The number of phenols is 1. The fourth-order valence-electron chi connectivity index (χ4n) is 5.45. The van der Waals surface area contributed by atoms with Crippen molar-refractivity contribution in [1.29, 1.82) is 0 Å². The van der Waals surface area contributed by atoms with Crippen molar-refractivity contribution in [3.8, 4) is 5.75 Å². The van der Waals surface area contributed by atoms with Gasteiger partial charge in [-0.1, -0.05) is 65.8 Å². The van der Waals surface area contributed by atoms with Crippen LogP contribution in [0.15, 0.2) is 115 Å². The van der Waals surface area contributed by atoms with Gasteiger partial charge in [0.2, 0.25) is 0 Å². The monoisotopic (exact) mass is 771 g/mol. The number of hydrogen-bond acceptors (Lipinski definition) is 3. The van der Waals surface area contributed by atoms with Crippen LogP contribution in [0, 0.1) is 48.5 Å². The molecule has 0 atom stereocenters. The molecule has 0 aliphatic heterocycles. The van der Waals surface area contributed by atoms with E-state index >= 15 is 0 Å². The first-order valence-corrected chi connectivity index (χ1v) is 17.4. The molecule has 0 bridgehead atoms. The minimum Gasteiger partial charge on any atom is -0.507 e. The van der Waals surface area contributed by atoms with E-state index in [0.717, 1.165) is 50.6 Å². The van der Waals surface area contributed by atoms with E-state index in [1.807, 2.05) is 128 Å². The molecule has 2 aromatic heterocycles. The van der Waals surface area contributed by atoms with E-state index in [2.05, 4.69) is 86.6 Å². The van der Waals surface area contributed by atoms with Gasteiger partial charge in [0, 0.05) is 17.0 Å². The molecule has 2 heterocycles. The standard InChI is InChI=1S/C25H36N4O.3C7H7.Zr/c1-15-11-17(3)28(26-15)23(29-18(4)12-16(2)27-29)20-13-19(24(5,6)7)14-21(22(20)30)25(8,9)10;3*1-7-5-3-2-4-6-7;/h11-14,23,30H,1-10H3;3*2-6H,1H2;/q;3*-1;+3. The summed E-state index contributed by atoms with van der Waals surface area (Å²) in [6.07, 6.45) is -0.365. The smallest absolute Gasteiger partial charge is 0.507 e. The maximum Gasteiger partial charge on any atom is 3.00 e. The first kappa shape index (κ1) is 43.8. The Bertz CT molecular complexity index is 1790. The fourth-order valence-corrected chi connectivity index (χ4v) is 5.45. The van der Waals surface area contributed by atoms with E-state index < -0.39 is 0 Å². The summed E-state index contributed by atoms with van der Waals surface area (Å²) in [5, 5.41) is 21.1. The quantitative estimate of drug-likeness (QED) is 0.182. The molecule has 6 aromatic rings. The Morgan fingerprint density at radius 1 is 0.538 bits per heavy atom. The summed E-state index contributed by atoms with van der Waals surface area (Å²) >= 11 is 0. The molecule has 0 fully saturated rings. The van der Waals surface area contributed by atoms with Gasteiger partial charge in [0.1, 0.15) is 5.75 Å². The van der Waals surface area contributed by atoms with Crippen molar-refractivity contribution in [2.75, 3.05) is 0 Å². The topological polar surface area (TPSA) is 55.9 Å². The molecule has 0 aliphatic carbocycles. The predicted molar refractivity (Wildman–Crippen MR) is 215 cm³/mol. The van der Waals surface area contributed by atoms with Gasteiger partial charge in [-0.25, -0.2) is 9.36 Å². The molecule has 6 rings (SSSR count). The van der Waals surface area contributed by atoms with Gasteiger partial charge in [0.15, 0.2) is 6.17 Å². The second kappa shape index (κ2) is 19.4. The molecule has 271 valence electrons. The second-order valence-corrected chi connectivity index (χ2v) is 15.0. The SMILES string of the molecule is Cc1cc(C)n(C(c2cc(C(C)(C)C)cc(C(C)(C)C)c2O)n2nc(C)cc2C)n1.[CH2-]c1ccccc1.[CH2-]c1ccccc1.[CH2-]c1ccccc1.[Zr+3]. The Morgan fingerprint density at radius 3 is 1.12 bits per heavy atom. The normalized spacial score (nSPS) is 10.8. The molecule has 5 nitrogen and oxygen atoms in total. The van der Waals surface area contributed by atoms with Gasteiger partial charge < -0.3 is 5.11 Å². The van der Waals surface area contributed by atoms with Crippen LogP contribution in [0.1, 0.15) is 104 Å². The molecule has 1 radical (unpaired) electrons.